The Kier molecular flexibility index (Phi) is 4.70. The number of amides is 1. The molecule has 1 amide bonds. The topological polar surface area (TPSA) is 84.9 Å². The van der Waals surface area contributed by atoms with Crippen molar-refractivity contribution in [3.8, 4) is 0 Å². The molecule has 16 heavy (non-hydrogen) atoms. The zero-order valence-electron chi connectivity index (χ0n) is 9.32. The first-order valence-corrected chi connectivity index (χ1v) is 5.22. The lowest BCUT2D eigenvalue weighted by Gasteiger charge is -2.33. The molecule has 1 heterocycles. The lowest BCUT2D eigenvalue weighted by atomic mass is 9.90. The van der Waals surface area contributed by atoms with E-state index in [0.717, 1.165) is 0 Å². The van der Waals surface area contributed by atoms with Crippen molar-refractivity contribution in [3.63, 3.8) is 0 Å². The van der Waals surface area contributed by atoms with Crippen LogP contribution in [-0.2, 0) is 19.1 Å². The number of carbonyl (C=O) groups excluding carboxylic acids is 1. The minimum atomic E-state index is -1.16. The smallest absolute Gasteiger partial charge is 0.329 e. The van der Waals surface area contributed by atoms with Crippen molar-refractivity contribution in [3.05, 3.63) is 0 Å². The van der Waals surface area contributed by atoms with Crippen LogP contribution in [-0.4, -0.2) is 49.5 Å². The number of rotatable bonds is 5. The minimum Gasteiger partial charge on any atom is -0.480 e. The van der Waals surface area contributed by atoms with Gasteiger partial charge in [0.1, 0.15) is 5.54 Å². The number of nitrogens with one attached hydrogen (secondary N) is 1. The Balaban J connectivity index is 2.56. The highest BCUT2D eigenvalue weighted by atomic mass is 16.5. The van der Waals surface area contributed by atoms with Gasteiger partial charge in [-0.2, -0.15) is 0 Å². The van der Waals surface area contributed by atoms with Crippen LogP contribution in [0.25, 0.3) is 0 Å². The average Bonchev–Trinajstić information content (AvgIpc) is 2.27. The molecule has 0 saturated carbocycles. The van der Waals surface area contributed by atoms with Crippen LogP contribution < -0.4 is 5.32 Å². The molecule has 0 spiro atoms. The molecule has 1 saturated heterocycles. The highest BCUT2D eigenvalue weighted by molar-refractivity contribution is 5.87. The predicted octanol–water partition coefficient (Wildman–Crippen LogP) is -0.227. The summed E-state index contributed by atoms with van der Waals surface area (Å²) in [6.45, 7) is 1.01. The van der Waals surface area contributed by atoms with E-state index in [-0.39, 0.29) is 18.9 Å². The van der Waals surface area contributed by atoms with Gasteiger partial charge in [0.25, 0.3) is 0 Å². The summed E-state index contributed by atoms with van der Waals surface area (Å²) < 4.78 is 9.86. The summed E-state index contributed by atoms with van der Waals surface area (Å²) in [4.78, 5) is 22.7. The van der Waals surface area contributed by atoms with Gasteiger partial charge in [0.15, 0.2) is 0 Å². The van der Waals surface area contributed by atoms with Gasteiger partial charge in [0.2, 0.25) is 5.91 Å². The maximum absolute atomic E-state index is 11.5. The van der Waals surface area contributed by atoms with E-state index < -0.39 is 11.5 Å². The molecule has 0 atom stereocenters. The van der Waals surface area contributed by atoms with E-state index in [2.05, 4.69) is 5.32 Å². The molecule has 0 radical (unpaired) electrons. The molecule has 0 aromatic carbocycles. The summed E-state index contributed by atoms with van der Waals surface area (Å²) >= 11 is 0. The Morgan fingerprint density at radius 1 is 1.44 bits per heavy atom. The number of ether oxygens (including phenoxy) is 2. The molecule has 0 bridgehead atoms. The van der Waals surface area contributed by atoms with Crippen LogP contribution in [0.1, 0.15) is 19.3 Å². The van der Waals surface area contributed by atoms with E-state index >= 15 is 0 Å². The van der Waals surface area contributed by atoms with Gasteiger partial charge in [0.05, 0.1) is 6.61 Å². The Bertz CT molecular complexity index is 260. The van der Waals surface area contributed by atoms with Crippen LogP contribution in [0, 0.1) is 0 Å². The van der Waals surface area contributed by atoms with Crippen LogP contribution in [0.4, 0.5) is 0 Å². The van der Waals surface area contributed by atoms with Crippen molar-refractivity contribution in [2.24, 2.45) is 0 Å². The Labute approximate surface area is 93.9 Å². The highest BCUT2D eigenvalue weighted by Crippen LogP contribution is 2.21. The van der Waals surface area contributed by atoms with Gasteiger partial charge in [-0.1, -0.05) is 0 Å². The maximum atomic E-state index is 11.5. The van der Waals surface area contributed by atoms with Crippen LogP contribution in [0.3, 0.4) is 0 Å². The molecule has 0 unspecified atom stereocenters. The number of aliphatic carboxylic acids is 1. The zero-order valence-corrected chi connectivity index (χ0v) is 9.32. The van der Waals surface area contributed by atoms with Gasteiger partial charge in [-0.05, 0) is 0 Å². The SMILES string of the molecule is COCCC(=O)NC1(C(=O)O)CCOCC1. The number of carbonyl (C=O) groups is 2. The van der Waals surface area contributed by atoms with E-state index in [0.29, 0.717) is 26.1 Å². The molecule has 6 nitrogen and oxygen atoms in total. The second-order valence-corrected chi connectivity index (χ2v) is 3.79. The van der Waals surface area contributed by atoms with E-state index in [1.807, 2.05) is 0 Å². The molecule has 0 aliphatic carbocycles. The lowest BCUT2D eigenvalue weighted by Crippen LogP contribution is -2.57. The summed E-state index contributed by atoms with van der Waals surface area (Å²) in [6, 6.07) is 0. The lowest BCUT2D eigenvalue weighted by molar-refractivity contribution is -0.152. The standard InChI is InChI=1S/C10H17NO5/c1-15-5-2-8(12)11-10(9(13)14)3-6-16-7-4-10/h2-7H2,1H3,(H,11,12)(H,13,14). The van der Waals surface area contributed by atoms with Crippen molar-refractivity contribution in [1.82, 2.24) is 5.32 Å². The van der Waals surface area contributed by atoms with E-state index in [9.17, 15) is 9.59 Å². The van der Waals surface area contributed by atoms with Gasteiger partial charge in [-0.25, -0.2) is 4.79 Å². The van der Waals surface area contributed by atoms with Crippen LogP contribution in [0.5, 0.6) is 0 Å². The van der Waals surface area contributed by atoms with Crippen molar-refractivity contribution in [2.75, 3.05) is 26.9 Å². The average molecular weight is 231 g/mol. The molecular weight excluding hydrogens is 214 g/mol. The molecule has 1 fully saturated rings. The quantitative estimate of drug-likeness (QED) is 0.683. The molecule has 1 aliphatic rings. The van der Waals surface area contributed by atoms with Crippen LogP contribution >= 0.6 is 0 Å². The molecule has 92 valence electrons. The first-order chi connectivity index (χ1) is 7.60. The van der Waals surface area contributed by atoms with E-state index in [1.165, 1.54) is 7.11 Å². The number of carboxylic acid groups (broad SMARTS) is 1. The normalized spacial score (nSPS) is 19.1. The summed E-state index contributed by atoms with van der Waals surface area (Å²) in [5, 5.41) is 11.7. The molecule has 2 N–H and O–H groups in total. The summed E-state index contributed by atoms with van der Waals surface area (Å²) in [7, 11) is 1.49. The molecule has 1 aliphatic heterocycles. The Morgan fingerprint density at radius 2 is 2.06 bits per heavy atom. The van der Waals surface area contributed by atoms with Gasteiger partial charge in [0, 0.05) is 39.6 Å². The van der Waals surface area contributed by atoms with Gasteiger partial charge in [-0.3, -0.25) is 4.79 Å². The molecular formula is C10H17NO5. The van der Waals surface area contributed by atoms with Gasteiger partial charge in [-0.15, -0.1) is 0 Å². The molecule has 6 heteroatoms. The Hall–Kier alpha value is -1.14. The fourth-order valence-corrected chi connectivity index (χ4v) is 1.64. The Morgan fingerprint density at radius 3 is 2.56 bits per heavy atom. The maximum Gasteiger partial charge on any atom is 0.329 e. The fourth-order valence-electron chi connectivity index (χ4n) is 1.64. The van der Waals surface area contributed by atoms with Gasteiger partial charge >= 0.3 is 5.97 Å². The molecule has 1 rings (SSSR count). The first kappa shape index (κ1) is 12.9. The predicted molar refractivity (Wildman–Crippen MR) is 55.1 cm³/mol. The summed E-state index contributed by atoms with van der Waals surface area (Å²) in [5.41, 5.74) is -1.16. The minimum absolute atomic E-state index is 0.173. The highest BCUT2D eigenvalue weighted by Gasteiger charge is 2.41. The van der Waals surface area contributed by atoms with E-state index in [1.54, 1.807) is 0 Å². The molecule has 0 aromatic rings. The fraction of sp³-hybridized carbons (Fsp3) is 0.800. The zero-order chi connectivity index (χ0) is 12.0. The van der Waals surface area contributed by atoms with E-state index in [4.69, 9.17) is 14.6 Å². The van der Waals surface area contributed by atoms with Crippen LogP contribution in [0.15, 0.2) is 0 Å². The number of hydrogen-bond donors (Lipinski definition) is 2. The first-order valence-electron chi connectivity index (χ1n) is 5.22. The monoisotopic (exact) mass is 231 g/mol. The summed E-state index contributed by atoms with van der Waals surface area (Å²) in [5.74, 6) is -1.30. The second-order valence-electron chi connectivity index (χ2n) is 3.79. The number of hydrogen-bond acceptors (Lipinski definition) is 4. The van der Waals surface area contributed by atoms with Crippen molar-refractivity contribution in [2.45, 2.75) is 24.8 Å². The van der Waals surface area contributed by atoms with Crippen molar-refractivity contribution < 1.29 is 24.2 Å². The van der Waals surface area contributed by atoms with Crippen molar-refractivity contribution in [1.29, 1.82) is 0 Å². The summed E-state index contributed by atoms with van der Waals surface area (Å²) in [6.07, 6.45) is 0.786. The van der Waals surface area contributed by atoms with Gasteiger partial charge < -0.3 is 19.9 Å². The largest absolute Gasteiger partial charge is 0.480 e. The third-order valence-electron chi connectivity index (χ3n) is 2.67. The number of methoxy groups -OCH3 is 1. The van der Waals surface area contributed by atoms with Crippen LogP contribution in [0.2, 0.25) is 0 Å². The second kappa shape index (κ2) is 5.81. The third-order valence-corrected chi connectivity index (χ3v) is 2.67. The molecule has 0 aromatic heterocycles. The number of carboxylic acids is 1. The van der Waals surface area contributed by atoms with Crippen molar-refractivity contribution >= 4 is 11.9 Å². The third kappa shape index (κ3) is 3.18.